The highest BCUT2D eigenvalue weighted by atomic mass is 79.9. The highest BCUT2D eigenvalue weighted by Gasteiger charge is 2.14. The molecule has 0 radical (unpaired) electrons. The molecule has 0 fully saturated rings. The van der Waals surface area contributed by atoms with Crippen LogP contribution in [0.1, 0.15) is 22.0 Å². The van der Waals surface area contributed by atoms with Gasteiger partial charge in [0.1, 0.15) is 0 Å². The molecule has 1 N–H and O–H groups in total. The number of nitrogens with one attached hydrogen (secondary N) is 1. The van der Waals surface area contributed by atoms with Crippen LogP contribution in [0.4, 0.5) is 0 Å². The number of likely N-dealkylation sites (N-methyl/N-ethyl adjacent to an activating group) is 1. The van der Waals surface area contributed by atoms with Crippen molar-refractivity contribution in [3.8, 4) is 0 Å². The van der Waals surface area contributed by atoms with Crippen LogP contribution in [-0.2, 0) is 6.42 Å². The van der Waals surface area contributed by atoms with Gasteiger partial charge in [-0.25, -0.2) is 0 Å². The van der Waals surface area contributed by atoms with Crippen molar-refractivity contribution in [2.24, 2.45) is 0 Å². The van der Waals surface area contributed by atoms with Crippen molar-refractivity contribution in [1.29, 1.82) is 0 Å². The summed E-state index contributed by atoms with van der Waals surface area (Å²) in [5, 5.41) is 5.53. The first kappa shape index (κ1) is 12.8. The molecule has 0 saturated carbocycles. The van der Waals surface area contributed by atoms with E-state index in [4.69, 9.17) is 0 Å². The summed E-state index contributed by atoms with van der Waals surface area (Å²) in [6, 6.07) is 11.1. The average Bonchev–Trinajstić information content (AvgIpc) is 2.83. The molecule has 1 heterocycles. The van der Waals surface area contributed by atoms with Crippen LogP contribution in [0.25, 0.3) is 0 Å². The molecule has 2 aromatic rings. The second kappa shape index (κ2) is 5.80. The normalized spacial score (nSPS) is 12.6. The zero-order chi connectivity index (χ0) is 12.3. The van der Waals surface area contributed by atoms with Gasteiger partial charge in [-0.1, -0.05) is 40.2 Å². The highest BCUT2D eigenvalue weighted by molar-refractivity contribution is 9.10. The topological polar surface area (TPSA) is 12.0 Å². The minimum absolute atomic E-state index is 0.364. The van der Waals surface area contributed by atoms with E-state index >= 15 is 0 Å². The summed E-state index contributed by atoms with van der Waals surface area (Å²) in [6.07, 6.45) is 1.04. The van der Waals surface area contributed by atoms with Gasteiger partial charge in [0, 0.05) is 21.8 Å². The first-order valence-electron chi connectivity index (χ1n) is 5.67. The van der Waals surface area contributed by atoms with Crippen LogP contribution in [0.15, 0.2) is 40.2 Å². The van der Waals surface area contributed by atoms with Gasteiger partial charge in [-0.05, 0) is 36.5 Å². The fourth-order valence-corrected chi connectivity index (χ4v) is 3.23. The molecule has 1 atom stereocenters. The Bertz CT molecular complexity index is 479. The second-order valence-electron chi connectivity index (χ2n) is 4.10. The second-order valence-corrected chi connectivity index (χ2v) is 5.93. The van der Waals surface area contributed by atoms with Crippen LogP contribution in [0, 0.1) is 6.92 Å². The van der Waals surface area contributed by atoms with Gasteiger partial charge in [0.15, 0.2) is 0 Å². The van der Waals surface area contributed by atoms with Crippen LogP contribution < -0.4 is 5.32 Å². The molecule has 0 saturated heterocycles. The van der Waals surface area contributed by atoms with E-state index in [2.05, 4.69) is 63.9 Å². The van der Waals surface area contributed by atoms with Gasteiger partial charge in [0.05, 0.1) is 0 Å². The summed E-state index contributed by atoms with van der Waals surface area (Å²) < 4.78 is 1.22. The van der Waals surface area contributed by atoms with E-state index in [0.717, 1.165) is 6.42 Å². The van der Waals surface area contributed by atoms with Crippen molar-refractivity contribution in [2.75, 3.05) is 7.05 Å². The van der Waals surface area contributed by atoms with E-state index in [1.807, 2.05) is 18.4 Å². The maximum absolute atomic E-state index is 3.69. The Balaban J connectivity index is 2.26. The van der Waals surface area contributed by atoms with Crippen molar-refractivity contribution in [1.82, 2.24) is 5.32 Å². The summed E-state index contributed by atoms with van der Waals surface area (Å²) in [4.78, 5) is 1.41. The Morgan fingerprint density at radius 1 is 1.29 bits per heavy atom. The third-order valence-electron chi connectivity index (χ3n) is 2.93. The molecule has 0 aliphatic heterocycles. The number of halogens is 1. The number of benzene rings is 1. The van der Waals surface area contributed by atoms with E-state index in [1.54, 1.807) is 0 Å². The standard InChI is InChI=1S/C14H16BrNS/c1-10-5-3-7-12(14(10)15)13(16-2)9-11-6-4-8-17-11/h3-8,13,16H,9H2,1-2H3. The molecule has 0 amide bonds. The summed E-state index contributed by atoms with van der Waals surface area (Å²) >= 11 is 5.51. The molecule has 2 rings (SSSR count). The lowest BCUT2D eigenvalue weighted by Crippen LogP contribution is -2.19. The fraction of sp³-hybridized carbons (Fsp3) is 0.286. The lowest BCUT2D eigenvalue weighted by Gasteiger charge is -2.18. The fourth-order valence-electron chi connectivity index (χ4n) is 1.94. The van der Waals surface area contributed by atoms with Crippen molar-refractivity contribution < 1.29 is 0 Å². The number of aryl methyl sites for hydroxylation is 1. The van der Waals surface area contributed by atoms with Gasteiger partial charge < -0.3 is 5.32 Å². The Morgan fingerprint density at radius 2 is 2.12 bits per heavy atom. The minimum Gasteiger partial charge on any atom is -0.313 e. The number of rotatable bonds is 4. The first-order chi connectivity index (χ1) is 8.22. The molecule has 1 aromatic heterocycles. The molecule has 0 aliphatic rings. The lowest BCUT2D eigenvalue weighted by molar-refractivity contribution is 0.594. The third kappa shape index (κ3) is 2.97. The quantitative estimate of drug-likeness (QED) is 0.886. The number of hydrogen-bond acceptors (Lipinski definition) is 2. The first-order valence-corrected chi connectivity index (χ1v) is 7.34. The summed E-state index contributed by atoms with van der Waals surface area (Å²) in [5.41, 5.74) is 2.62. The molecule has 90 valence electrons. The minimum atomic E-state index is 0.364. The van der Waals surface area contributed by atoms with Crippen molar-refractivity contribution >= 4 is 27.3 Å². The molecule has 17 heavy (non-hydrogen) atoms. The molecule has 0 spiro atoms. The van der Waals surface area contributed by atoms with Crippen molar-refractivity contribution in [3.63, 3.8) is 0 Å². The zero-order valence-corrected chi connectivity index (χ0v) is 12.4. The summed E-state index contributed by atoms with van der Waals surface area (Å²) in [6.45, 7) is 2.13. The Morgan fingerprint density at radius 3 is 2.76 bits per heavy atom. The van der Waals surface area contributed by atoms with Crippen LogP contribution in [0.3, 0.4) is 0 Å². The molecule has 3 heteroatoms. The predicted molar refractivity (Wildman–Crippen MR) is 78.7 cm³/mol. The van der Waals surface area contributed by atoms with E-state index in [0.29, 0.717) is 6.04 Å². The lowest BCUT2D eigenvalue weighted by atomic mass is 10.0. The Hall–Kier alpha value is -0.640. The molecule has 1 unspecified atom stereocenters. The summed E-state index contributed by atoms with van der Waals surface area (Å²) in [7, 11) is 2.02. The largest absolute Gasteiger partial charge is 0.313 e. The third-order valence-corrected chi connectivity index (χ3v) is 4.91. The SMILES string of the molecule is CNC(Cc1cccs1)c1cccc(C)c1Br. The number of hydrogen-bond donors (Lipinski definition) is 1. The molecule has 1 nitrogen and oxygen atoms in total. The molecular formula is C14H16BrNS. The van der Waals surface area contributed by atoms with Gasteiger partial charge in [0.25, 0.3) is 0 Å². The van der Waals surface area contributed by atoms with Crippen molar-refractivity contribution in [3.05, 3.63) is 56.2 Å². The Kier molecular flexibility index (Phi) is 4.37. The summed E-state index contributed by atoms with van der Waals surface area (Å²) in [5.74, 6) is 0. The zero-order valence-electron chi connectivity index (χ0n) is 10.0. The maximum Gasteiger partial charge on any atom is 0.0377 e. The van der Waals surface area contributed by atoms with Gasteiger partial charge in [-0.3, -0.25) is 0 Å². The van der Waals surface area contributed by atoms with E-state index in [-0.39, 0.29) is 0 Å². The van der Waals surface area contributed by atoms with E-state index < -0.39 is 0 Å². The number of thiophene rings is 1. The molecule has 0 bridgehead atoms. The van der Waals surface area contributed by atoms with Crippen LogP contribution in [0.2, 0.25) is 0 Å². The van der Waals surface area contributed by atoms with Crippen LogP contribution >= 0.6 is 27.3 Å². The van der Waals surface area contributed by atoms with Crippen LogP contribution in [0.5, 0.6) is 0 Å². The highest BCUT2D eigenvalue weighted by Crippen LogP contribution is 2.29. The molecule has 1 aromatic carbocycles. The van der Waals surface area contributed by atoms with Gasteiger partial charge in [0.2, 0.25) is 0 Å². The predicted octanol–water partition coefficient (Wildman–Crippen LogP) is 4.32. The monoisotopic (exact) mass is 309 g/mol. The van der Waals surface area contributed by atoms with E-state index in [9.17, 15) is 0 Å². The smallest absolute Gasteiger partial charge is 0.0377 e. The Labute approximate surface area is 115 Å². The van der Waals surface area contributed by atoms with Gasteiger partial charge in [-0.2, -0.15) is 0 Å². The van der Waals surface area contributed by atoms with Gasteiger partial charge in [-0.15, -0.1) is 11.3 Å². The van der Waals surface area contributed by atoms with Crippen LogP contribution in [-0.4, -0.2) is 7.05 Å². The van der Waals surface area contributed by atoms with Crippen molar-refractivity contribution in [2.45, 2.75) is 19.4 Å². The molecular weight excluding hydrogens is 294 g/mol. The van der Waals surface area contributed by atoms with E-state index in [1.165, 1.54) is 20.5 Å². The maximum atomic E-state index is 3.69. The average molecular weight is 310 g/mol. The van der Waals surface area contributed by atoms with Gasteiger partial charge >= 0.3 is 0 Å². The molecule has 0 aliphatic carbocycles.